The molecule has 0 aliphatic carbocycles. The molecule has 4 rings (SSSR count). The molecule has 0 aromatic heterocycles. The molecule has 2 aromatic rings. The lowest BCUT2D eigenvalue weighted by Gasteiger charge is -2.36. The second-order valence-electron chi connectivity index (χ2n) is 8.12. The number of anilines is 1. The lowest BCUT2D eigenvalue weighted by Crippen LogP contribution is -2.43. The number of nitrogens with zero attached hydrogens (tertiary/aromatic N) is 1. The van der Waals surface area contributed by atoms with Crippen LogP contribution < -0.4 is 5.32 Å². The van der Waals surface area contributed by atoms with Crippen molar-refractivity contribution in [1.82, 2.24) is 4.90 Å². The standard InChI is InChI=1S/C24H30N2O2.2ClH.H2O/c27-23-11-7-10-20-17-19(12-13-22(20)25-23)21(16-18-8-3-1-4-9-18)24(28)26-14-5-2-6-15-26;;;/h1,3-4,8-9,12-13,17,21,24,28H,2,5-7,10-11,14-16H2,(H,25,27);2*1H;1H2/t21-,24-;;;/m0.../s1. The van der Waals surface area contributed by atoms with E-state index in [-0.39, 0.29) is 42.1 Å². The van der Waals surface area contributed by atoms with Crippen LogP contribution in [-0.4, -0.2) is 40.7 Å². The Morgan fingerprint density at radius 1 is 0.935 bits per heavy atom. The molecule has 0 bridgehead atoms. The molecule has 1 fully saturated rings. The number of hydrogen-bond acceptors (Lipinski definition) is 3. The molecule has 0 unspecified atom stereocenters. The molecule has 5 nitrogen and oxygen atoms in total. The molecule has 31 heavy (non-hydrogen) atoms. The number of aryl methyl sites for hydroxylation is 1. The molecule has 4 N–H and O–H groups in total. The number of halogens is 2. The van der Waals surface area contributed by atoms with Crippen LogP contribution in [0.2, 0.25) is 0 Å². The lowest BCUT2D eigenvalue weighted by atomic mass is 9.87. The second kappa shape index (κ2) is 13.0. The number of carbonyl (C=O) groups is 1. The largest absolute Gasteiger partial charge is 0.412 e. The number of carbonyl (C=O) groups excluding carboxylic acids is 1. The van der Waals surface area contributed by atoms with Crippen molar-refractivity contribution in [2.45, 2.75) is 57.1 Å². The molecule has 0 saturated carbocycles. The zero-order valence-electron chi connectivity index (χ0n) is 17.8. The van der Waals surface area contributed by atoms with Gasteiger partial charge in [-0.3, -0.25) is 9.69 Å². The molecule has 1 amide bonds. The van der Waals surface area contributed by atoms with E-state index in [0.29, 0.717) is 6.42 Å². The lowest BCUT2D eigenvalue weighted by molar-refractivity contribution is -0.116. The monoisotopic (exact) mass is 468 g/mol. The van der Waals surface area contributed by atoms with Gasteiger partial charge in [0.05, 0.1) is 0 Å². The van der Waals surface area contributed by atoms with E-state index in [4.69, 9.17) is 0 Å². The van der Waals surface area contributed by atoms with Crippen LogP contribution in [0, 0.1) is 0 Å². The Hall–Kier alpha value is -1.63. The van der Waals surface area contributed by atoms with Gasteiger partial charge in [0.15, 0.2) is 0 Å². The quantitative estimate of drug-likeness (QED) is 0.691. The summed E-state index contributed by atoms with van der Waals surface area (Å²) in [6, 6.07) is 16.8. The van der Waals surface area contributed by atoms with Crippen LogP contribution in [-0.2, 0) is 17.6 Å². The van der Waals surface area contributed by atoms with Gasteiger partial charge in [-0.1, -0.05) is 48.9 Å². The van der Waals surface area contributed by atoms with Crippen LogP contribution in [0.25, 0.3) is 0 Å². The fraction of sp³-hybridized carbons (Fsp3) is 0.458. The van der Waals surface area contributed by atoms with Gasteiger partial charge in [-0.05, 0) is 54.9 Å². The first-order valence-corrected chi connectivity index (χ1v) is 10.6. The Morgan fingerprint density at radius 2 is 1.65 bits per heavy atom. The van der Waals surface area contributed by atoms with Crippen LogP contribution in [0.15, 0.2) is 48.5 Å². The van der Waals surface area contributed by atoms with Gasteiger partial charge in [-0.25, -0.2) is 0 Å². The topological polar surface area (TPSA) is 84.1 Å². The summed E-state index contributed by atoms with van der Waals surface area (Å²) in [5, 5.41) is 14.3. The summed E-state index contributed by atoms with van der Waals surface area (Å²) in [7, 11) is 0. The summed E-state index contributed by atoms with van der Waals surface area (Å²) in [6.07, 6.45) is 6.25. The first kappa shape index (κ1) is 27.4. The Morgan fingerprint density at radius 3 is 2.35 bits per heavy atom. The number of hydrogen-bond donors (Lipinski definition) is 2. The predicted molar refractivity (Wildman–Crippen MR) is 130 cm³/mol. The smallest absolute Gasteiger partial charge is 0.224 e. The van der Waals surface area contributed by atoms with E-state index in [9.17, 15) is 9.90 Å². The van der Waals surface area contributed by atoms with E-state index in [1.807, 2.05) is 12.1 Å². The molecule has 2 aliphatic rings. The number of benzene rings is 2. The fourth-order valence-corrected chi connectivity index (χ4v) is 4.53. The molecule has 0 spiro atoms. The van der Waals surface area contributed by atoms with E-state index >= 15 is 0 Å². The van der Waals surface area contributed by atoms with E-state index < -0.39 is 6.23 Å². The highest BCUT2D eigenvalue weighted by atomic mass is 35.5. The van der Waals surface area contributed by atoms with E-state index in [1.54, 1.807) is 0 Å². The van der Waals surface area contributed by atoms with Crippen molar-refractivity contribution in [3.05, 3.63) is 65.2 Å². The van der Waals surface area contributed by atoms with Gasteiger partial charge in [0.25, 0.3) is 0 Å². The Bertz CT molecular complexity index is 814. The number of aliphatic hydroxyl groups is 1. The highest BCUT2D eigenvalue weighted by Crippen LogP contribution is 2.32. The van der Waals surface area contributed by atoms with Gasteiger partial charge in [-0.2, -0.15) is 0 Å². The van der Waals surface area contributed by atoms with E-state index in [2.05, 4.69) is 46.6 Å². The molecular formula is C24H34Cl2N2O3. The van der Waals surface area contributed by atoms with Gasteiger partial charge < -0.3 is 15.9 Å². The van der Waals surface area contributed by atoms with Crippen molar-refractivity contribution < 1.29 is 15.4 Å². The van der Waals surface area contributed by atoms with Gasteiger partial charge in [0, 0.05) is 31.1 Å². The van der Waals surface area contributed by atoms with Gasteiger partial charge in [0.2, 0.25) is 5.91 Å². The van der Waals surface area contributed by atoms with E-state index in [1.165, 1.54) is 17.5 Å². The Kier molecular flexibility index (Phi) is 11.5. The number of likely N-dealkylation sites (tertiary alicyclic amines) is 1. The first-order chi connectivity index (χ1) is 13.7. The Balaban J connectivity index is 0.00000160. The number of fused-ring (bicyclic) bond motifs is 1. The number of nitrogens with one attached hydrogen (secondary N) is 1. The summed E-state index contributed by atoms with van der Waals surface area (Å²) < 4.78 is 0. The van der Waals surface area contributed by atoms with Crippen LogP contribution in [0.1, 0.15) is 54.7 Å². The summed E-state index contributed by atoms with van der Waals surface area (Å²) >= 11 is 0. The van der Waals surface area contributed by atoms with E-state index in [0.717, 1.165) is 56.4 Å². The van der Waals surface area contributed by atoms with Crippen molar-refractivity contribution in [3.8, 4) is 0 Å². The minimum atomic E-state index is -0.487. The Labute approximate surface area is 197 Å². The highest BCUT2D eigenvalue weighted by molar-refractivity contribution is 5.92. The fourth-order valence-electron chi connectivity index (χ4n) is 4.53. The van der Waals surface area contributed by atoms with Crippen molar-refractivity contribution in [1.29, 1.82) is 0 Å². The van der Waals surface area contributed by atoms with Gasteiger partial charge in [-0.15, -0.1) is 24.8 Å². The molecule has 2 aliphatic heterocycles. The van der Waals surface area contributed by atoms with Gasteiger partial charge in [0.1, 0.15) is 6.23 Å². The third-order valence-corrected chi connectivity index (χ3v) is 6.10. The molecule has 2 atom stereocenters. The second-order valence-corrected chi connectivity index (χ2v) is 8.12. The van der Waals surface area contributed by atoms with Crippen molar-refractivity contribution in [3.63, 3.8) is 0 Å². The summed E-state index contributed by atoms with van der Waals surface area (Å²) in [4.78, 5) is 14.1. The summed E-state index contributed by atoms with van der Waals surface area (Å²) in [6.45, 7) is 1.93. The first-order valence-electron chi connectivity index (χ1n) is 10.6. The van der Waals surface area contributed by atoms with Crippen LogP contribution in [0.4, 0.5) is 5.69 Å². The molecule has 172 valence electrons. The maximum Gasteiger partial charge on any atom is 0.224 e. The van der Waals surface area contributed by atoms with Crippen LogP contribution in [0.5, 0.6) is 0 Å². The van der Waals surface area contributed by atoms with Crippen LogP contribution in [0.3, 0.4) is 0 Å². The molecule has 7 heteroatoms. The minimum Gasteiger partial charge on any atom is -0.412 e. The minimum absolute atomic E-state index is 0. The maximum atomic E-state index is 11.9. The molecule has 2 heterocycles. The average molecular weight is 469 g/mol. The predicted octanol–water partition coefficient (Wildman–Crippen LogP) is 4.11. The molecular weight excluding hydrogens is 435 g/mol. The summed E-state index contributed by atoms with van der Waals surface area (Å²) in [5.41, 5.74) is 4.52. The molecule has 1 saturated heterocycles. The highest BCUT2D eigenvalue weighted by Gasteiger charge is 2.29. The SMILES string of the molecule is Cl.Cl.O.O=C1CCCc2cc([C@H](Cc3ccccc3)[C@H](O)N3CCCCC3)ccc2N1. The van der Waals surface area contributed by atoms with Crippen molar-refractivity contribution in [2.24, 2.45) is 0 Å². The third-order valence-electron chi connectivity index (χ3n) is 6.10. The number of piperidine rings is 1. The number of rotatable bonds is 5. The molecule has 0 radical (unpaired) electrons. The molecule has 2 aromatic carbocycles. The average Bonchev–Trinajstić information content (AvgIpc) is 2.93. The third kappa shape index (κ3) is 6.93. The van der Waals surface area contributed by atoms with Gasteiger partial charge >= 0.3 is 0 Å². The number of aliphatic hydroxyl groups excluding tert-OH is 1. The van der Waals surface area contributed by atoms with Crippen molar-refractivity contribution >= 4 is 36.4 Å². The van der Waals surface area contributed by atoms with Crippen molar-refractivity contribution in [2.75, 3.05) is 18.4 Å². The maximum absolute atomic E-state index is 11.9. The number of amides is 1. The zero-order valence-corrected chi connectivity index (χ0v) is 19.4. The van der Waals surface area contributed by atoms with Crippen LogP contribution >= 0.6 is 24.8 Å². The summed E-state index contributed by atoms with van der Waals surface area (Å²) in [5.74, 6) is 0.116. The normalized spacial score (nSPS) is 18.0. The zero-order chi connectivity index (χ0) is 19.3.